The minimum Gasteiger partial charge on any atom is -0.481 e. The standard InChI is InChI=1S/C18H32N2O5/c1-17(2,3)19-14(21)11-13(15(22)23)12-7-9-20(10-8-12)16(24)25-18(4,5)6/h12-13H,7-11H2,1-6H3,(H,19,21)(H,22,23). The number of hydrogen-bond donors (Lipinski definition) is 2. The minimum absolute atomic E-state index is 0.0380. The third kappa shape index (κ3) is 7.75. The van der Waals surface area contributed by atoms with Crippen LogP contribution < -0.4 is 5.32 Å². The Morgan fingerprint density at radius 1 is 1.12 bits per heavy atom. The molecular formula is C18H32N2O5. The summed E-state index contributed by atoms with van der Waals surface area (Å²) >= 11 is 0. The van der Waals surface area contributed by atoms with E-state index in [1.807, 2.05) is 41.5 Å². The third-order valence-electron chi connectivity index (χ3n) is 4.00. The van der Waals surface area contributed by atoms with Crippen LogP contribution in [-0.4, -0.2) is 52.2 Å². The zero-order valence-electron chi connectivity index (χ0n) is 16.2. The molecule has 1 rings (SSSR count). The predicted octanol–water partition coefficient (Wildman–Crippen LogP) is 2.64. The van der Waals surface area contributed by atoms with Crippen LogP contribution >= 0.6 is 0 Å². The van der Waals surface area contributed by atoms with Crippen LogP contribution in [0.5, 0.6) is 0 Å². The highest BCUT2D eigenvalue weighted by molar-refractivity contribution is 5.82. The summed E-state index contributed by atoms with van der Waals surface area (Å²) in [6.45, 7) is 11.9. The van der Waals surface area contributed by atoms with E-state index < -0.39 is 17.5 Å². The fraction of sp³-hybridized carbons (Fsp3) is 0.833. The Morgan fingerprint density at radius 2 is 1.64 bits per heavy atom. The van der Waals surface area contributed by atoms with Crippen LogP contribution in [0, 0.1) is 11.8 Å². The van der Waals surface area contributed by atoms with Crippen LogP contribution in [0.3, 0.4) is 0 Å². The maximum absolute atomic E-state index is 12.1. The van der Waals surface area contributed by atoms with E-state index in [-0.39, 0.29) is 29.9 Å². The Hall–Kier alpha value is -1.79. The number of nitrogens with one attached hydrogen (secondary N) is 1. The average Bonchev–Trinajstić information content (AvgIpc) is 2.41. The number of piperidine rings is 1. The third-order valence-corrected chi connectivity index (χ3v) is 4.00. The summed E-state index contributed by atoms with van der Waals surface area (Å²) in [5.74, 6) is -2.07. The molecule has 0 spiro atoms. The van der Waals surface area contributed by atoms with E-state index in [0.29, 0.717) is 25.9 Å². The Kier molecular flexibility index (Phi) is 6.85. The van der Waals surface area contributed by atoms with Gasteiger partial charge < -0.3 is 20.1 Å². The second kappa shape index (κ2) is 8.06. The van der Waals surface area contributed by atoms with Gasteiger partial charge >= 0.3 is 12.1 Å². The van der Waals surface area contributed by atoms with Gasteiger partial charge in [0.2, 0.25) is 5.91 Å². The first-order chi connectivity index (χ1) is 11.3. The van der Waals surface area contributed by atoms with E-state index in [9.17, 15) is 19.5 Å². The van der Waals surface area contributed by atoms with Crippen LogP contribution in [-0.2, 0) is 14.3 Å². The van der Waals surface area contributed by atoms with Crippen molar-refractivity contribution >= 4 is 18.0 Å². The maximum atomic E-state index is 12.1. The molecule has 1 aliphatic heterocycles. The Bertz CT molecular complexity index is 497. The van der Waals surface area contributed by atoms with E-state index in [0.717, 1.165) is 0 Å². The molecule has 0 saturated carbocycles. The summed E-state index contributed by atoms with van der Waals surface area (Å²) in [5, 5.41) is 12.3. The van der Waals surface area contributed by atoms with E-state index in [2.05, 4.69) is 5.32 Å². The van der Waals surface area contributed by atoms with Gasteiger partial charge in [-0.25, -0.2) is 4.79 Å². The number of rotatable bonds is 4. The lowest BCUT2D eigenvalue weighted by molar-refractivity contribution is -0.147. The summed E-state index contributed by atoms with van der Waals surface area (Å²) in [6, 6.07) is 0. The highest BCUT2D eigenvalue weighted by atomic mass is 16.6. The van der Waals surface area contributed by atoms with Crippen LogP contribution in [0.25, 0.3) is 0 Å². The summed E-state index contributed by atoms with van der Waals surface area (Å²) in [5.41, 5.74) is -0.942. The number of amides is 2. The number of carboxylic acids is 1. The Morgan fingerprint density at radius 3 is 2.04 bits per heavy atom. The van der Waals surface area contributed by atoms with Crippen LogP contribution in [0.15, 0.2) is 0 Å². The molecule has 1 fully saturated rings. The van der Waals surface area contributed by atoms with Crippen molar-refractivity contribution in [3.8, 4) is 0 Å². The molecule has 2 amide bonds. The zero-order chi connectivity index (χ0) is 19.4. The number of carbonyl (C=O) groups is 3. The number of likely N-dealkylation sites (tertiary alicyclic amines) is 1. The lowest BCUT2D eigenvalue weighted by Crippen LogP contribution is -2.45. The molecule has 0 bridgehead atoms. The monoisotopic (exact) mass is 356 g/mol. The molecule has 1 unspecified atom stereocenters. The van der Waals surface area contributed by atoms with Gasteiger partial charge in [-0.05, 0) is 60.3 Å². The van der Waals surface area contributed by atoms with Crippen molar-refractivity contribution in [1.82, 2.24) is 10.2 Å². The van der Waals surface area contributed by atoms with Gasteiger partial charge in [-0.3, -0.25) is 9.59 Å². The Labute approximate surface area is 150 Å². The largest absolute Gasteiger partial charge is 0.481 e. The number of carboxylic acid groups (broad SMARTS) is 1. The fourth-order valence-corrected chi connectivity index (χ4v) is 2.94. The lowest BCUT2D eigenvalue weighted by Gasteiger charge is -2.35. The molecule has 1 saturated heterocycles. The fourth-order valence-electron chi connectivity index (χ4n) is 2.94. The van der Waals surface area contributed by atoms with Crippen LogP contribution in [0.2, 0.25) is 0 Å². The number of nitrogens with zero attached hydrogens (tertiary/aromatic N) is 1. The SMILES string of the molecule is CC(C)(C)NC(=O)CC(C(=O)O)C1CCN(C(=O)OC(C)(C)C)CC1. The Balaban J connectivity index is 2.61. The number of hydrogen-bond acceptors (Lipinski definition) is 4. The maximum Gasteiger partial charge on any atom is 0.410 e. The van der Waals surface area contributed by atoms with Crippen molar-refractivity contribution in [3.05, 3.63) is 0 Å². The number of aliphatic carboxylic acids is 1. The van der Waals surface area contributed by atoms with Crippen LogP contribution in [0.4, 0.5) is 4.79 Å². The van der Waals surface area contributed by atoms with Crippen molar-refractivity contribution in [2.24, 2.45) is 11.8 Å². The predicted molar refractivity (Wildman–Crippen MR) is 94.2 cm³/mol. The molecule has 144 valence electrons. The molecule has 0 aliphatic carbocycles. The molecule has 7 nitrogen and oxygen atoms in total. The molecular weight excluding hydrogens is 324 g/mol. The molecule has 1 aliphatic rings. The van der Waals surface area contributed by atoms with Gasteiger partial charge in [-0.15, -0.1) is 0 Å². The van der Waals surface area contributed by atoms with E-state index in [1.165, 1.54) is 0 Å². The second-order valence-corrected chi connectivity index (χ2v) is 8.75. The smallest absolute Gasteiger partial charge is 0.410 e. The van der Waals surface area contributed by atoms with Gasteiger partial charge in [0.1, 0.15) is 5.60 Å². The topological polar surface area (TPSA) is 95.9 Å². The van der Waals surface area contributed by atoms with Gasteiger partial charge in [0.05, 0.1) is 5.92 Å². The van der Waals surface area contributed by atoms with E-state index in [4.69, 9.17) is 4.74 Å². The van der Waals surface area contributed by atoms with E-state index >= 15 is 0 Å². The van der Waals surface area contributed by atoms with Crippen molar-refractivity contribution in [2.75, 3.05) is 13.1 Å². The number of ether oxygens (including phenoxy) is 1. The molecule has 0 aromatic heterocycles. The first-order valence-electron chi connectivity index (χ1n) is 8.80. The normalized spacial score (nSPS) is 17.8. The second-order valence-electron chi connectivity index (χ2n) is 8.75. The molecule has 0 aromatic rings. The summed E-state index contributed by atoms with van der Waals surface area (Å²) < 4.78 is 5.35. The quantitative estimate of drug-likeness (QED) is 0.807. The van der Waals surface area contributed by atoms with Gasteiger partial charge in [-0.1, -0.05) is 0 Å². The number of carbonyl (C=O) groups excluding carboxylic acids is 2. The molecule has 1 atom stereocenters. The van der Waals surface area contributed by atoms with Crippen molar-refractivity contribution in [1.29, 1.82) is 0 Å². The molecule has 1 heterocycles. The van der Waals surface area contributed by atoms with Gasteiger partial charge in [0, 0.05) is 25.0 Å². The minimum atomic E-state index is -0.959. The summed E-state index contributed by atoms with van der Waals surface area (Å²) in [4.78, 5) is 37.4. The first-order valence-corrected chi connectivity index (χ1v) is 8.80. The molecule has 25 heavy (non-hydrogen) atoms. The first kappa shape index (κ1) is 21.3. The molecule has 2 N–H and O–H groups in total. The molecule has 7 heteroatoms. The molecule has 0 radical (unpaired) electrons. The van der Waals surface area contributed by atoms with Gasteiger partial charge in [-0.2, -0.15) is 0 Å². The van der Waals surface area contributed by atoms with Crippen molar-refractivity contribution < 1.29 is 24.2 Å². The van der Waals surface area contributed by atoms with Gasteiger partial charge in [0.25, 0.3) is 0 Å². The zero-order valence-corrected chi connectivity index (χ0v) is 16.2. The lowest BCUT2D eigenvalue weighted by atomic mass is 9.82. The van der Waals surface area contributed by atoms with Gasteiger partial charge in [0.15, 0.2) is 0 Å². The highest BCUT2D eigenvalue weighted by Gasteiger charge is 2.35. The summed E-state index contributed by atoms with van der Waals surface area (Å²) in [6.07, 6.45) is 0.699. The van der Waals surface area contributed by atoms with Crippen LogP contribution in [0.1, 0.15) is 60.8 Å². The van der Waals surface area contributed by atoms with Crippen molar-refractivity contribution in [2.45, 2.75) is 71.9 Å². The highest BCUT2D eigenvalue weighted by Crippen LogP contribution is 2.28. The van der Waals surface area contributed by atoms with E-state index in [1.54, 1.807) is 4.90 Å². The van der Waals surface area contributed by atoms with Crippen molar-refractivity contribution in [3.63, 3.8) is 0 Å². The summed E-state index contributed by atoms with van der Waals surface area (Å²) in [7, 11) is 0. The molecule has 0 aromatic carbocycles. The average molecular weight is 356 g/mol.